The van der Waals surface area contributed by atoms with Crippen molar-refractivity contribution in [1.29, 1.82) is 0 Å². The standard InChI is InChI=1S/C12H16F3N3O3S/c13-12(14,15)22(19,20)21-10-8-9-11(3-5-16-6-4-11)2-1-7-18(9)17-10/h8,16H,1-7H2. The van der Waals surface area contributed by atoms with Gasteiger partial charge < -0.3 is 9.50 Å². The molecule has 1 spiro atoms. The van der Waals surface area contributed by atoms with E-state index >= 15 is 0 Å². The van der Waals surface area contributed by atoms with Crippen LogP contribution in [0.1, 0.15) is 31.4 Å². The van der Waals surface area contributed by atoms with E-state index in [1.807, 2.05) is 0 Å². The van der Waals surface area contributed by atoms with E-state index in [9.17, 15) is 21.6 Å². The van der Waals surface area contributed by atoms with Crippen LogP contribution in [0.15, 0.2) is 6.07 Å². The van der Waals surface area contributed by atoms with Gasteiger partial charge in [-0.1, -0.05) is 0 Å². The topological polar surface area (TPSA) is 73.2 Å². The molecule has 3 rings (SSSR count). The largest absolute Gasteiger partial charge is 0.534 e. The lowest BCUT2D eigenvalue weighted by atomic mass is 9.71. The van der Waals surface area contributed by atoms with Crippen LogP contribution >= 0.6 is 0 Å². The van der Waals surface area contributed by atoms with Crippen molar-refractivity contribution in [1.82, 2.24) is 15.1 Å². The first-order chi connectivity index (χ1) is 10.2. The number of aromatic nitrogens is 2. The number of alkyl halides is 3. The summed E-state index contributed by atoms with van der Waals surface area (Å²) in [6.45, 7) is 2.20. The van der Waals surface area contributed by atoms with Gasteiger partial charge in [0.2, 0.25) is 0 Å². The molecular weight excluding hydrogens is 323 g/mol. The molecule has 0 amide bonds. The fraction of sp³-hybridized carbons (Fsp3) is 0.750. The molecule has 124 valence electrons. The number of rotatable bonds is 2. The number of hydrogen-bond donors (Lipinski definition) is 1. The van der Waals surface area contributed by atoms with Crippen LogP contribution in [0.3, 0.4) is 0 Å². The maximum absolute atomic E-state index is 12.4. The van der Waals surface area contributed by atoms with Crippen molar-refractivity contribution in [2.75, 3.05) is 13.1 Å². The van der Waals surface area contributed by atoms with E-state index in [1.54, 1.807) is 4.68 Å². The van der Waals surface area contributed by atoms with Crippen LogP contribution in [0.2, 0.25) is 0 Å². The third-order valence-corrected chi connectivity index (χ3v) is 5.32. The van der Waals surface area contributed by atoms with E-state index in [4.69, 9.17) is 0 Å². The summed E-state index contributed by atoms with van der Waals surface area (Å²) < 4.78 is 65.1. The summed E-state index contributed by atoms with van der Waals surface area (Å²) in [5.41, 5.74) is -4.84. The smallest absolute Gasteiger partial charge is 0.354 e. The molecule has 6 nitrogen and oxygen atoms in total. The second-order valence-corrected chi connectivity index (χ2v) is 7.25. The van der Waals surface area contributed by atoms with E-state index in [1.165, 1.54) is 6.07 Å². The van der Waals surface area contributed by atoms with Crippen LogP contribution in [0.5, 0.6) is 5.88 Å². The summed E-state index contributed by atoms with van der Waals surface area (Å²) in [5, 5.41) is 7.14. The van der Waals surface area contributed by atoms with Gasteiger partial charge in [-0.25, -0.2) is 0 Å². The quantitative estimate of drug-likeness (QED) is 0.653. The zero-order valence-electron chi connectivity index (χ0n) is 11.7. The summed E-state index contributed by atoms with van der Waals surface area (Å²) in [6, 6.07) is 1.34. The second-order valence-electron chi connectivity index (χ2n) is 5.71. The highest BCUT2D eigenvalue weighted by atomic mass is 32.2. The van der Waals surface area contributed by atoms with Gasteiger partial charge in [-0.15, -0.1) is 5.10 Å². The van der Waals surface area contributed by atoms with Gasteiger partial charge in [-0.2, -0.15) is 21.6 Å². The van der Waals surface area contributed by atoms with Crippen LogP contribution in [-0.4, -0.2) is 36.8 Å². The Balaban J connectivity index is 1.92. The Morgan fingerprint density at radius 1 is 1.27 bits per heavy atom. The van der Waals surface area contributed by atoms with E-state index < -0.39 is 21.5 Å². The molecule has 2 aliphatic heterocycles. The van der Waals surface area contributed by atoms with Gasteiger partial charge in [-0.3, -0.25) is 4.68 Å². The summed E-state index contributed by atoms with van der Waals surface area (Å²) in [6.07, 6.45) is 3.49. The molecule has 0 radical (unpaired) electrons. The maximum Gasteiger partial charge on any atom is 0.534 e. The lowest BCUT2D eigenvalue weighted by Crippen LogP contribution is -2.43. The lowest BCUT2D eigenvalue weighted by Gasteiger charge is -2.40. The van der Waals surface area contributed by atoms with Crippen molar-refractivity contribution >= 4 is 10.1 Å². The fourth-order valence-electron chi connectivity index (χ4n) is 3.30. The van der Waals surface area contributed by atoms with E-state index in [-0.39, 0.29) is 5.41 Å². The number of hydrogen-bond acceptors (Lipinski definition) is 5. The Bertz CT molecular complexity index is 663. The average molecular weight is 339 g/mol. The second kappa shape index (κ2) is 5.12. The molecule has 0 aromatic carbocycles. The van der Waals surface area contributed by atoms with Crippen LogP contribution in [-0.2, 0) is 22.1 Å². The minimum atomic E-state index is -5.68. The van der Waals surface area contributed by atoms with Gasteiger partial charge in [0.15, 0.2) is 0 Å². The SMILES string of the molecule is O=S(=O)(Oc1cc2n(n1)CCCC21CCNCC1)C(F)(F)F. The molecule has 3 heterocycles. The van der Waals surface area contributed by atoms with Crippen LogP contribution in [0.25, 0.3) is 0 Å². The Morgan fingerprint density at radius 3 is 2.59 bits per heavy atom. The van der Waals surface area contributed by atoms with Crippen molar-refractivity contribution in [3.8, 4) is 5.88 Å². The molecule has 0 bridgehead atoms. The normalized spacial score (nSPS) is 21.6. The molecule has 1 aromatic rings. The fourth-order valence-corrected chi connectivity index (χ4v) is 3.70. The third-order valence-electron chi connectivity index (χ3n) is 4.37. The molecule has 0 saturated carbocycles. The first kappa shape index (κ1) is 15.6. The minimum absolute atomic E-state index is 0.153. The van der Waals surface area contributed by atoms with E-state index in [2.05, 4.69) is 14.6 Å². The van der Waals surface area contributed by atoms with Gasteiger partial charge in [0, 0.05) is 23.7 Å². The van der Waals surface area contributed by atoms with Crippen molar-refractivity contribution in [3.63, 3.8) is 0 Å². The average Bonchev–Trinajstić information content (AvgIpc) is 2.82. The zero-order valence-corrected chi connectivity index (χ0v) is 12.5. The Kier molecular flexibility index (Phi) is 3.63. The van der Waals surface area contributed by atoms with E-state index in [0.29, 0.717) is 6.54 Å². The van der Waals surface area contributed by atoms with Gasteiger partial charge in [0.05, 0.1) is 0 Å². The molecule has 1 fully saturated rings. The number of nitrogens with one attached hydrogen (secondary N) is 1. The van der Waals surface area contributed by atoms with Crippen molar-refractivity contribution < 1.29 is 25.8 Å². The summed E-state index contributed by atoms with van der Waals surface area (Å²) in [4.78, 5) is 0. The number of aryl methyl sites for hydroxylation is 1. The van der Waals surface area contributed by atoms with Gasteiger partial charge in [0.1, 0.15) is 0 Å². The Hall–Kier alpha value is -1.29. The molecule has 0 aliphatic carbocycles. The summed E-state index contributed by atoms with van der Waals surface area (Å²) in [5.74, 6) is -0.507. The molecule has 0 unspecified atom stereocenters. The van der Waals surface area contributed by atoms with Crippen molar-refractivity contribution in [2.24, 2.45) is 0 Å². The van der Waals surface area contributed by atoms with Crippen molar-refractivity contribution in [3.05, 3.63) is 11.8 Å². The highest BCUT2D eigenvalue weighted by Crippen LogP contribution is 2.42. The molecule has 1 saturated heterocycles. The first-order valence-electron chi connectivity index (χ1n) is 7.03. The zero-order chi connectivity index (χ0) is 16.0. The van der Waals surface area contributed by atoms with Crippen molar-refractivity contribution in [2.45, 2.75) is 43.2 Å². The first-order valence-corrected chi connectivity index (χ1v) is 8.44. The number of halogens is 3. The van der Waals surface area contributed by atoms with Gasteiger partial charge in [-0.05, 0) is 38.8 Å². The number of piperidine rings is 1. The highest BCUT2D eigenvalue weighted by molar-refractivity contribution is 7.87. The summed E-state index contributed by atoms with van der Waals surface area (Å²) >= 11 is 0. The van der Waals surface area contributed by atoms with Crippen LogP contribution in [0, 0.1) is 0 Å². The molecule has 10 heteroatoms. The lowest BCUT2D eigenvalue weighted by molar-refractivity contribution is -0.0501. The van der Waals surface area contributed by atoms with E-state index in [0.717, 1.165) is 44.5 Å². The van der Waals surface area contributed by atoms with Gasteiger partial charge in [0.25, 0.3) is 5.88 Å². The Morgan fingerprint density at radius 2 is 1.95 bits per heavy atom. The highest BCUT2D eigenvalue weighted by Gasteiger charge is 2.49. The third kappa shape index (κ3) is 2.58. The molecular formula is C12H16F3N3O3S. The number of fused-ring (bicyclic) bond motifs is 2. The number of nitrogens with zero attached hydrogens (tertiary/aromatic N) is 2. The molecule has 1 aromatic heterocycles. The molecule has 1 N–H and O–H groups in total. The molecule has 22 heavy (non-hydrogen) atoms. The van der Waals surface area contributed by atoms with Crippen LogP contribution in [0.4, 0.5) is 13.2 Å². The summed E-state index contributed by atoms with van der Waals surface area (Å²) in [7, 11) is -5.68. The van der Waals surface area contributed by atoms with Gasteiger partial charge >= 0.3 is 15.6 Å². The molecule has 2 aliphatic rings. The molecule has 0 atom stereocenters. The monoisotopic (exact) mass is 339 g/mol. The maximum atomic E-state index is 12.4. The predicted molar refractivity (Wildman–Crippen MR) is 70.8 cm³/mol. The Labute approximate surface area is 125 Å². The van der Waals surface area contributed by atoms with Crippen LogP contribution < -0.4 is 9.50 Å². The minimum Gasteiger partial charge on any atom is -0.354 e. The predicted octanol–water partition coefficient (Wildman–Crippen LogP) is 1.53.